The third kappa shape index (κ3) is 8.51. The second kappa shape index (κ2) is 10.3. The van der Waals surface area contributed by atoms with Gasteiger partial charge in [0, 0.05) is 6.61 Å². The predicted octanol–water partition coefficient (Wildman–Crippen LogP) is 3.74. The van der Waals surface area contributed by atoms with Gasteiger partial charge in [0.2, 0.25) is 0 Å². The van der Waals surface area contributed by atoms with Gasteiger partial charge in [0.15, 0.2) is 9.04 Å². The zero-order valence-electron chi connectivity index (χ0n) is 9.64. The van der Waals surface area contributed by atoms with Gasteiger partial charge in [-0.1, -0.05) is 46.5 Å². The Labute approximate surface area is 85.6 Å². The van der Waals surface area contributed by atoms with E-state index in [0.29, 0.717) is 0 Å². The van der Waals surface area contributed by atoms with Crippen LogP contribution in [0.25, 0.3) is 0 Å². The second-order valence-corrected chi connectivity index (χ2v) is 6.51. The highest BCUT2D eigenvalue weighted by atomic mass is 28.3. The molecule has 1 nitrogen and oxygen atoms in total. The zero-order chi connectivity index (χ0) is 9.94. The summed E-state index contributed by atoms with van der Waals surface area (Å²) in [4.78, 5) is 0. The van der Waals surface area contributed by atoms with Gasteiger partial charge < -0.3 is 4.43 Å². The molecule has 0 radical (unpaired) electrons. The fourth-order valence-corrected chi connectivity index (χ4v) is 4.38. The minimum Gasteiger partial charge on any atom is -0.420 e. The first kappa shape index (κ1) is 13.2. The Morgan fingerprint density at radius 1 is 0.846 bits per heavy atom. The molecule has 0 heterocycles. The molecule has 0 atom stereocenters. The van der Waals surface area contributed by atoms with Crippen molar-refractivity contribution in [3.63, 3.8) is 0 Å². The van der Waals surface area contributed by atoms with Crippen LogP contribution in [0.3, 0.4) is 0 Å². The quantitative estimate of drug-likeness (QED) is 0.518. The van der Waals surface area contributed by atoms with Crippen LogP contribution in [-0.2, 0) is 4.43 Å². The van der Waals surface area contributed by atoms with Crippen LogP contribution < -0.4 is 0 Å². The summed E-state index contributed by atoms with van der Waals surface area (Å²) in [5.74, 6) is 0. The molecule has 0 aromatic heterocycles. The van der Waals surface area contributed by atoms with Crippen LogP contribution in [0.1, 0.15) is 52.9 Å². The lowest BCUT2D eigenvalue weighted by Gasteiger charge is -2.14. The Morgan fingerprint density at radius 3 is 1.77 bits per heavy atom. The van der Waals surface area contributed by atoms with Crippen molar-refractivity contribution in [2.75, 3.05) is 6.61 Å². The van der Waals surface area contributed by atoms with E-state index in [9.17, 15) is 0 Å². The van der Waals surface area contributed by atoms with Crippen LogP contribution in [0.5, 0.6) is 0 Å². The molecule has 0 aliphatic rings. The fraction of sp³-hybridized carbons (Fsp3) is 1.00. The smallest absolute Gasteiger partial charge is 0.176 e. The van der Waals surface area contributed by atoms with E-state index >= 15 is 0 Å². The lowest BCUT2D eigenvalue weighted by molar-refractivity contribution is 0.316. The molecular formula is C11H26OSi. The van der Waals surface area contributed by atoms with Crippen LogP contribution in [0.2, 0.25) is 12.1 Å². The van der Waals surface area contributed by atoms with Gasteiger partial charge in [0.1, 0.15) is 0 Å². The number of hydrogen-bond acceptors (Lipinski definition) is 1. The van der Waals surface area contributed by atoms with Gasteiger partial charge in [-0.05, 0) is 18.5 Å². The van der Waals surface area contributed by atoms with Gasteiger partial charge in [0.25, 0.3) is 0 Å². The Morgan fingerprint density at radius 2 is 1.38 bits per heavy atom. The van der Waals surface area contributed by atoms with Crippen molar-refractivity contribution in [2.45, 2.75) is 65.0 Å². The molecule has 0 bridgehead atoms. The molecule has 0 spiro atoms. The van der Waals surface area contributed by atoms with Gasteiger partial charge in [-0.15, -0.1) is 0 Å². The van der Waals surface area contributed by atoms with E-state index < -0.39 is 9.04 Å². The summed E-state index contributed by atoms with van der Waals surface area (Å²) in [6.07, 6.45) is 6.59. The first-order chi connectivity index (χ1) is 6.35. The Hall–Kier alpha value is 0.177. The third-order valence-corrected chi connectivity index (χ3v) is 5.13. The molecule has 0 aromatic rings. The molecule has 0 aliphatic heterocycles. The third-order valence-electron chi connectivity index (χ3n) is 2.32. The summed E-state index contributed by atoms with van der Waals surface area (Å²) in [5.41, 5.74) is 0. The van der Waals surface area contributed by atoms with E-state index in [2.05, 4.69) is 20.8 Å². The van der Waals surface area contributed by atoms with E-state index in [-0.39, 0.29) is 0 Å². The minimum atomic E-state index is -0.787. The van der Waals surface area contributed by atoms with Crippen molar-refractivity contribution < 1.29 is 4.43 Å². The molecule has 0 amide bonds. The van der Waals surface area contributed by atoms with E-state index in [1.165, 1.54) is 44.2 Å². The van der Waals surface area contributed by atoms with Crippen molar-refractivity contribution >= 4 is 9.04 Å². The highest BCUT2D eigenvalue weighted by molar-refractivity contribution is 6.51. The summed E-state index contributed by atoms with van der Waals surface area (Å²) in [7, 11) is -0.787. The van der Waals surface area contributed by atoms with Crippen molar-refractivity contribution in [3.05, 3.63) is 0 Å². The molecular weight excluding hydrogens is 176 g/mol. The first-order valence-electron chi connectivity index (χ1n) is 5.96. The topological polar surface area (TPSA) is 9.23 Å². The molecule has 80 valence electrons. The SMILES string of the molecule is CCCC[SiH](CCCC)OCCC. The van der Waals surface area contributed by atoms with Gasteiger partial charge in [-0.3, -0.25) is 0 Å². The maximum absolute atomic E-state index is 5.93. The van der Waals surface area contributed by atoms with E-state index in [1.54, 1.807) is 0 Å². The van der Waals surface area contributed by atoms with Crippen LogP contribution in [-0.4, -0.2) is 15.6 Å². The molecule has 13 heavy (non-hydrogen) atoms. The molecule has 2 heteroatoms. The molecule has 0 unspecified atom stereocenters. The molecule has 0 saturated carbocycles. The van der Waals surface area contributed by atoms with E-state index in [4.69, 9.17) is 4.43 Å². The fourth-order valence-electron chi connectivity index (χ4n) is 1.46. The highest BCUT2D eigenvalue weighted by Crippen LogP contribution is 2.11. The highest BCUT2D eigenvalue weighted by Gasteiger charge is 2.09. The summed E-state index contributed by atoms with van der Waals surface area (Å²) in [5, 5.41) is 0. The summed E-state index contributed by atoms with van der Waals surface area (Å²) in [6.45, 7) is 7.74. The average molecular weight is 202 g/mol. The molecule has 0 aromatic carbocycles. The van der Waals surface area contributed by atoms with E-state index in [1.807, 2.05) is 0 Å². The number of unbranched alkanes of at least 4 members (excludes halogenated alkanes) is 2. The summed E-state index contributed by atoms with van der Waals surface area (Å²) in [6, 6.07) is 2.80. The lowest BCUT2D eigenvalue weighted by atomic mass is 10.4. The number of rotatable bonds is 9. The summed E-state index contributed by atoms with van der Waals surface area (Å²) < 4.78 is 5.93. The maximum Gasteiger partial charge on any atom is 0.176 e. The second-order valence-electron chi connectivity index (χ2n) is 3.78. The molecule has 0 N–H and O–H groups in total. The lowest BCUT2D eigenvalue weighted by Crippen LogP contribution is -2.18. The van der Waals surface area contributed by atoms with Gasteiger partial charge in [0.05, 0.1) is 0 Å². The van der Waals surface area contributed by atoms with Crippen LogP contribution in [0.15, 0.2) is 0 Å². The van der Waals surface area contributed by atoms with Gasteiger partial charge in [-0.25, -0.2) is 0 Å². The van der Waals surface area contributed by atoms with Crippen molar-refractivity contribution in [3.8, 4) is 0 Å². The van der Waals surface area contributed by atoms with E-state index in [0.717, 1.165) is 6.61 Å². The summed E-state index contributed by atoms with van der Waals surface area (Å²) >= 11 is 0. The minimum absolute atomic E-state index is 0.787. The van der Waals surface area contributed by atoms with Gasteiger partial charge >= 0.3 is 0 Å². The Bertz CT molecular complexity index is 77.1. The van der Waals surface area contributed by atoms with Crippen LogP contribution >= 0.6 is 0 Å². The maximum atomic E-state index is 5.93. The molecule has 0 aliphatic carbocycles. The first-order valence-corrected chi connectivity index (χ1v) is 8.07. The monoisotopic (exact) mass is 202 g/mol. The standard InChI is InChI=1S/C11H26OSi/c1-4-7-10-13(11-8-5-2)12-9-6-3/h13H,4-11H2,1-3H3. The van der Waals surface area contributed by atoms with Crippen LogP contribution in [0.4, 0.5) is 0 Å². The average Bonchev–Trinajstić information content (AvgIpc) is 2.17. The Balaban J connectivity index is 3.47. The molecule has 0 fully saturated rings. The molecule has 0 saturated heterocycles. The Kier molecular flexibility index (Phi) is 10.4. The predicted molar refractivity (Wildman–Crippen MR) is 62.8 cm³/mol. The van der Waals surface area contributed by atoms with Crippen LogP contribution in [0, 0.1) is 0 Å². The van der Waals surface area contributed by atoms with Gasteiger partial charge in [-0.2, -0.15) is 0 Å². The molecule has 0 rings (SSSR count). The normalized spacial score (nSPS) is 11.1. The van der Waals surface area contributed by atoms with Crippen molar-refractivity contribution in [1.29, 1.82) is 0 Å². The largest absolute Gasteiger partial charge is 0.420 e. The zero-order valence-corrected chi connectivity index (χ0v) is 10.8. The van der Waals surface area contributed by atoms with Crippen molar-refractivity contribution in [1.82, 2.24) is 0 Å². The number of hydrogen-bond donors (Lipinski definition) is 0. The van der Waals surface area contributed by atoms with Crippen molar-refractivity contribution in [2.24, 2.45) is 0 Å².